The SMILES string of the molecule is Cc1ccc(I)cc1NBr. The second-order valence-electron chi connectivity index (χ2n) is 2.05. The largest absolute Gasteiger partial charge is 0.322 e. The van der Waals surface area contributed by atoms with Crippen molar-refractivity contribution in [2.24, 2.45) is 0 Å². The van der Waals surface area contributed by atoms with Gasteiger partial charge in [-0.2, -0.15) is 0 Å². The molecule has 0 aliphatic rings. The zero-order chi connectivity index (χ0) is 7.56. The molecule has 1 rings (SSSR count). The zero-order valence-corrected chi connectivity index (χ0v) is 9.23. The van der Waals surface area contributed by atoms with E-state index < -0.39 is 0 Å². The molecule has 3 heteroatoms. The molecule has 1 aromatic carbocycles. The number of rotatable bonds is 1. The van der Waals surface area contributed by atoms with Crippen LogP contribution in [0.25, 0.3) is 0 Å². The number of hydrogen-bond donors (Lipinski definition) is 1. The minimum atomic E-state index is 1.13. The van der Waals surface area contributed by atoms with Crippen molar-refractivity contribution in [3.8, 4) is 0 Å². The van der Waals surface area contributed by atoms with E-state index in [9.17, 15) is 0 Å². The highest BCUT2D eigenvalue weighted by Gasteiger charge is 1.94. The topological polar surface area (TPSA) is 12.0 Å². The fourth-order valence-electron chi connectivity index (χ4n) is 0.696. The molecular weight excluding hydrogens is 305 g/mol. The van der Waals surface area contributed by atoms with Gasteiger partial charge in [0.05, 0.1) is 0 Å². The molecule has 0 unspecified atom stereocenters. The molecule has 0 saturated heterocycles. The summed E-state index contributed by atoms with van der Waals surface area (Å²) in [4.78, 5) is 0. The Labute approximate surface area is 82.7 Å². The lowest BCUT2D eigenvalue weighted by atomic mass is 10.2. The second kappa shape index (κ2) is 3.57. The molecule has 0 radical (unpaired) electrons. The van der Waals surface area contributed by atoms with Gasteiger partial charge in [-0.1, -0.05) is 6.07 Å². The van der Waals surface area contributed by atoms with Crippen molar-refractivity contribution in [3.05, 3.63) is 27.3 Å². The van der Waals surface area contributed by atoms with Gasteiger partial charge < -0.3 is 4.34 Å². The van der Waals surface area contributed by atoms with Crippen LogP contribution in [0.4, 0.5) is 5.69 Å². The molecule has 1 N–H and O–H groups in total. The molecule has 54 valence electrons. The van der Waals surface area contributed by atoms with Crippen LogP contribution in [-0.2, 0) is 0 Å². The lowest BCUT2D eigenvalue weighted by molar-refractivity contribution is 1.46. The van der Waals surface area contributed by atoms with Crippen molar-refractivity contribution in [1.82, 2.24) is 0 Å². The molecule has 0 aliphatic carbocycles. The number of benzene rings is 1. The monoisotopic (exact) mass is 311 g/mol. The van der Waals surface area contributed by atoms with Gasteiger partial charge in [0.2, 0.25) is 0 Å². The smallest absolute Gasteiger partial charge is 0.0480 e. The predicted molar refractivity (Wildman–Crippen MR) is 56.4 cm³/mol. The third kappa shape index (κ3) is 1.85. The summed E-state index contributed by atoms with van der Waals surface area (Å²) >= 11 is 5.47. The van der Waals surface area contributed by atoms with Gasteiger partial charge in [-0.15, -0.1) is 0 Å². The Hall–Kier alpha value is 0.230. The highest BCUT2D eigenvalue weighted by Crippen LogP contribution is 2.18. The number of aryl methyl sites for hydroxylation is 1. The maximum absolute atomic E-state index is 3.19. The van der Waals surface area contributed by atoms with Gasteiger partial charge >= 0.3 is 0 Å². The van der Waals surface area contributed by atoms with E-state index in [-0.39, 0.29) is 0 Å². The number of anilines is 1. The first-order chi connectivity index (χ1) is 4.74. The summed E-state index contributed by atoms with van der Waals surface area (Å²) in [7, 11) is 0. The summed E-state index contributed by atoms with van der Waals surface area (Å²) in [5.74, 6) is 0. The van der Waals surface area contributed by atoms with E-state index in [2.05, 4.69) is 68.2 Å². The molecule has 0 saturated carbocycles. The highest BCUT2D eigenvalue weighted by atomic mass is 127. The van der Waals surface area contributed by atoms with Crippen LogP contribution < -0.4 is 4.34 Å². The van der Waals surface area contributed by atoms with Crippen molar-refractivity contribution in [2.45, 2.75) is 6.92 Å². The van der Waals surface area contributed by atoms with E-state index in [0.717, 1.165) is 5.69 Å². The van der Waals surface area contributed by atoms with E-state index in [0.29, 0.717) is 0 Å². The third-order valence-corrected chi connectivity index (χ3v) is 2.40. The van der Waals surface area contributed by atoms with Gasteiger partial charge in [-0.05, 0) is 47.2 Å². The van der Waals surface area contributed by atoms with Crippen LogP contribution in [0.2, 0.25) is 0 Å². The summed E-state index contributed by atoms with van der Waals surface area (Å²) in [6.45, 7) is 2.07. The van der Waals surface area contributed by atoms with Crippen LogP contribution in [0, 0.1) is 10.5 Å². The third-order valence-electron chi connectivity index (χ3n) is 1.30. The zero-order valence-electron chi connectivity index (χ0n) is 5.49. The van der Waals surface area contributed by atoms with Crippen LogP contribution in [0.1, 0.15) is 5.56 Å². The first-order valence-electron chi connectivity index (χ1n) is 2.87. The summed E-state index contributed by atoms with van der Waals surface area (Å²) in [6.07, 6.45) is 0. The molecule has 1 nitrogen and oxygen atoms in total. The fraction of sp³-hybridized carbons (Fsp3) is 0.143. The van der Waals surface area contributed by atoms with Crippen LogP contribution in [0.15, 0.2) is 18.2 Å². The van der Waals surface area contributed by atoms with Gasteiger partial charge in [0.1, 0.15) is 0 Å². The van der Waals surface area contributed by atoms with Crippen molar-refractivity contribution in [3.63, 3.8) is 0 Å². The summed E-state index contributed by atoms with van der Waals surface area (Å²) in [6, 6.07) is 6.26. The molecule has 0 aliphatic heterocycles. The Balaban J connectivity index is 3.09. The molecular formula is C7H7BrIN. The Morgan fingerprint density at radius 2 is 2.20 bits per heavy atom. The van der Waals surface area contributed by atoms with E-state index in [4.69, 9.17) is 0 Å². The normalized spacial score (nSPS) is 9.50. The van der Waals surface area contributed by atoms with Crippen molar-refractivity contribution in [1.29, 1.82) is 0 Å². The Morgan fingerprint density at radius 1 is 1.50 bits per heavy atom. The number of halogens is 2. The van der Waals surface area contributed by atoms with E-state index >= 15 is 0 Å². The molecule has 0 bridgehead atoms. The first kappa shape index (κ1) is 8.33. The van der Waals surface area contributed by atoms with Crippen molar-refractivity contribution < 1.29 is 0 Å². The van der Waals surface area contributed by atoms with Gasteiger partial charge in [-0.3, -0.25) is 0 Å². The average molecular weight is 312 g/mol. The molecule has 0 atom stereocenters. The fourth-order valence-corrected chi connectivity index (χ4v) is 1.61. The quantitative estimate of drug-likeness (QED) is 0.620. The molecule has 0 fully saturated rings. The number of nitrogens with one attached hydrogen (secondary N) is 1. The Morgan fingerprint density at radius 3 is 2.70 bits per heavy atom. The maximum atomic E-state index is 3.19. The standard InChI is InChI=1S/C7H7BrIN/c1-5-2-3-6(9)4-7(5)10-8/h2-4,10H,1H3. The minimum absolute atomic E-state index is 1.13. The summed E-state index contributed by atoms with van der Waals surface area (Å²) in [5, 5.41) is 0. The van der Waals surface area contributed by atoms with E-state index in [1.165, 1.54) is 9.13 Å². The van der Waals surface area contributed by atoms with Crippen LogP contribution in [0.3, 0.4) is 0 Å². The van der Waals surface area contributed by atoms with Gasteiger partial charge in [0.25, 0.3) is 0 Å². The summed E-state index contributed by atoms with van der Waals surface area (Å²) in [5.41, 5.74) is 2.38. The van der Waals surface area contributed by atoms with Crippen molar-refractivity contribution in [2.75, 3.05) is 4.34 Å². The Kier molecular flexibility index (Phi) is 2.97. The first-order valence-corrected chi connectivity index (χ1v) is 4.74. The number of hydrogen-bond acceptors (Lipinski definition) is 1. The predicted octanol–water partition coefficient (Wildman–Crippen LogP) is 3.32. The van der Waals surface area contributed by atoms with Gasteiger partial charge in [0, 0.05) is 25.4 Å². The van der Waals surface area contributed by atoms with E-state index in [1.807, 2.05) is 0 Å². The van der Waals surface area contributed by atoms with Crippen LogP contribution in [-0.4, -0.2) is 0 Å². The molecule has 0 amide bonds. The lowest BCUT2D eigenvalue weighted by Gasteiger charge is -2.02. The minimum Gasteiger partial charge on any atom is -0.322 e. The molecule has 1 aromatic rings. The van der Waals surface area contributed by atoms with Crippen LogP contribution in [0.5, 0.6) is 0 Å². The van der Waals surface area contributed by atoms with Gasteiger partial charge in [0.15, 0.2) is 0 Å². The molecule has 0 spiro atoms. The second-order valence-corrected chi connectivity index (χ2v) is 3.70. The summed E-state index contributed by atoms with van der Waals surface area (Å²) < 4.78 is 4.18. The molecule has 10 heavy (non-hydrogen) atoms. The van der Waals surface area contributed by atoms with Gasteiger partial charge in [-0.25, -0.2) is 0 Å². The lowest BCUT2D eigenvalue weighted by Crippen LogP contribution is -1.84. The highest BCUT2D eigenvalue weighted by molar-refractivity contribution is 14.1. The average Bonchev–Trinajstić information content (AvgIpc) is 1.94. The molecule has 0 aromatic heterocycles. The maximum Gasteiger partial charge on any atom is 0.0480 e. The van der Waals surface area contributed by atoms with Crippen LogP contribution >= 0.6 is 38.7 Å². The van der Waals surface area contributed by atoms with E-state index in [1.54, 1.807) is 0 Å². The van der Waals surface area contributed by atoms with Crippen molar-refractivity contribution >= 4 is 44.4 Å². The Bertz CT molecular complexity index is 237. The molecule has 0 heterocycles.